The molecule has 4 rings (SSSR count). The van der Waals surface area contributed by atoms with Crippen molar-refractivity contribution < 1.29 is 5.11 Å². The Labute approximate surface area is 141 Å². The second-order valence-electron chi connectivity index (χ2n) is 6.05. The lowest BCUT2D eigenvalue weighted by Crippen LogP contribution is -2.23. The molecule has 1 N–H and O–H groups in total. The average molecular weight is 317 g/mol. The normalized spacial score (nSPS) is 17.2. The summed E-state index contributed by atoms with van der Waals surface area (Å²) in [6, 6.07) is 20.4. The van der Waals surface area contributed by atoms with Crippen LogP contribution in [-0.4, -0.2) is 34.3 Å². The molecule has 1 atom stereocenters. The number of anilines is 1. The quantitative estimate of drug-likeness (QED) is 0.804. The number of hydrogen-bond acceptors (Lipinski definition) is 4. The molecule has 0 amide bonds. The lowest BCUT2D eigenvalue weighted by molar-refractivity contribution is 0.198. The molecule has 4 nitrogen and oxygen atoms in total. The van der Waals surface area contributed by atoms with Gasteiger partial charge in [-0.25, -0.2) is 9.97 Å². The minimum Gasteiger partial charge on any atom is -0.391 e. The zero-order valence-corrected chi connectivity index (χ0v) is 13.3. The van der Waals surface area contributed by atoms with Gasteiger partial charge in [-0.15, -0.1) is 0 Å². The maximum atomic E-state index is 9.78. The van der Waals surface area contributed by atoms with E-state index in [1.54, 1.807) is 0 Å². The van der Waals surface area contributed by atoms with Crippen molar-refractivity contribution >= 4 is 5.95 Å². The molecular weight excluding hydrogens is 298 g/mol. The molecule has 1 aromatic heterocycles. The summed E-state index contributed by atoms with van der Waals surface area (Å²) < 4.78 is 0. The van der Waals surface area contributed by atoms with Crippen molar-refractivity contribution in [1.29, 1.82) is 0 Å². The predicted octanol–water partition coefficient (Wildman–Crippen LogP) is 3.38. The summed E-state index contributed by atoms with van der Waals surface area (Å²) in [5, 5.41) is 9.78. The van der Waals surface area contributed by atoms with Crippen LogP contribution in [0.3, 0.4) is 0 Å². The summed E-state index contributed by atoms with van der Waals surface area (Å²) in [7, 11) is 0. The molecule has 3 aromatic rings. The Hall–Kier alpha value is -2.72. The van der Waals surface area contributed by atoms with Crippen LogP contribution in [0.2, 0.25) is 0 Å². The summed E-state index contributed by atoms with van der Waals surface area (Å²) in [4.78, 5) is 11.4. The summed E-state index contributed by atoms with van der Waals surface area (Å²) in [6.07, 6.45) is 2.37. The fourth-order valence-corrected chi connectivity index (χ4v) is 3.09. The third-order valence-electron chi connectivity index (χ3n) is 4.35. The average Bonchev–Trinajstić information content (AvgIpc) is 3.09. The zero-order chi connectivity index (χ0) is 16.4. The topological polar surface area (TPSA) is 49.2 Å². The first-order valence-corrected chi connectivity index (χ1v) is 8.22. The van der Waals surface area contributed by atoms with E-state index < -0.39 is 0 Å². The summed E-state index contributed by atoms with van der Waals surface area (Å²) >= 11 is 0. The SMILES string of the molecule is OC1CCN(c2ncc(-c3ccccc3)c(-c3ccccc3)n2)C1. The number of aliphatic hydroxyl groups excluding tert-OH is 1. The van der Waals surface area contributed by atoms with Crippen LogP contribution >= 0.6 is 0 Å². The molecule has 0 spiro atoms. The molecule has 2 heterocycles. The van der Waals surface area contributed by atoms with Gasteiger partial charge in [0.15, 0.2) is 0 Å². The molecule has 120 valence electrons. The molecule has 0 saturated carbocycles. The molecule has 1 fully saturated rings. The highest BCUT2D eigenvalue weighted by Gasteiger charge is 2.23. The van der Waals surface area contributed by atoms with Crippen LogP contribution in [0.1, 0.15) is 6.42 Å². The van der Waals surface area contributed by atoms with Crippen LogP contribution in [0.5, 0.6) is 0 Å². The van der Waals surface area contributed by atoms with E-state index in [2.05, 4.69) is 29.2 Å². The lowest BCUT2D eigenvalue weighted by Gasteiger charge is -2.18. The summed E-state index contributed by atoms with van der Waals surface area (Å²) in [6.45, 7) is 1.39. The number of hydrogen-bond donors (Lipinski definition) is 1. The van der Waals surface area contributed by atoms with Crippen molar-refractivity contribution in [2.24, 2.45) is 0 Å². The van der Waals surface area contributed by atoms with Gasteiger partial charge in [-0.1, -0.05) is 60.7 Å². The number of aromatic nitrogens is 2. The van der Waals surface area contributed by atoms with Crippen LogP contribution in [0.25, 0.3) is 22.4 Å². The zero-order valence-electron chi connectivity index (χ0n) is 13.3. The fraction of sp³-hybridized carbons (Fsp3) is 0.200. The number of benzene rings is 2. The first kappa shape index (κ1) is 14.8. The highest BCUT2D eigenvalue weighted by atomic mass is 16.3. The van der Waals surface area contributed by atoms with E-state index in [4.69, 9.17) is 4.98 Å². The monoisotopic (exact) mass is 317 g/mol. The molecule has 24 heavy (non-hydrogen) atoms. The number of rotatable bonds is 3. The van der Waals surface area contributed by atoms with E-state index in [0.717, 1.165) is 35.3 Å². The molecule has 0 aliphatic carbocycles. The van der Waals surface area contributed by atoms with Crippen LogP contribution in [-0.2, 0) is 0 Å². The third kappa shape index (κ3) is 2.88. The van der Waals surface area contributed by atoms with E-state index in [-0.39, 0.29) is 6.10 Å². The summed E-state index contributed by atoms with van der Waals surface area (Å²) in [5.41, 5.74) is 4.11. The van der Waals surface area contributed by atoms with Crippen molar-refractivity contribution in [3.05, 3.63) is 66.9 Å². The third-order valence-corrected chi connectivity index (χ3v) is 4.35. The second kappa shape index (κ2) is 6.42. The van der Waals surface area contributed by atoms with Gasteiger partial charge in [0.1, 0.15) is 0 Å². The van der Waals surface area contributed by atoms with Crippen molar-refractivity contribution in [2.45, 2.75) is 12.5 Å². The van der Waals surface area contributed by atoms with Gasteiger partial charge in [0.2, 0.25) is 5.95 Å². The minimum atomic E-state index is -0.289. The Kier molecular flexibility index (Phi) is 3.97. The number of nitrogens with zero attached hydrogens (tertiary/aromatic N) is 3. The van der Waals surface area contributed by atoms with Gasteiger partial charge >= 0.3 is 0 Å². The molecule has 1 aliphatic rings. The van der Waals surface area contributed by atoms with Gasteiger partial charge in [0.25, 0.3) is 0 Å². The largest absolute Gasteiger partial charge is 0.391 e. The van der Waals surface area contributed by atoms with E-state index in [1.165, 1.54) is 0 Å². The first-order chi connectivity index (χ1) is 11.8. The number of aliphatic hydroxyl groups is 1. The van der Waals surface area contributed by atoms with Crippen LogP contribution in [0, 0.1) is 0 Å². The van der Waals surface area contributed by atoms with Crippen molar-refractivity contribution in [2.75, 3.05) is 18.0 Å². The first-order valence-electron chi connectivity index (χ1n) is 8.22. The smallest absolute Gasteiger partial charge is 0.225 e. The highest BCUT2D eigenvalue weighted by molar-refractivity contribution is 5.80. The van der Waals surface area contributed by atoms with Gasteiger partial charge in [0.05, 0.1) is 11.8 Å². The molecule has 1 saturated heterocycles. The van der Waals surface area contributed by atoms with Gasteiger partial charge in [0, 0.05) is 30.4 Å². The Morgan fingerprint density at radius 1 is 0.917 bits per heavy atom. The minimum absolute atomic E-state index is 0.289. The standard InChI is InChI=1S/C20H19N3O/c24-17-11-12-23(14-17)20-21-13-18(15-7-3-1-4-8-15)19(22-20)16-9-5-2-6-10-16/h1-10,13,17,24H,11-12,14H2. The lowest BCUT2D eigenvalue weighted by atomic mass is 10.0. The van der Waals surface area contributed by atoms with Crippen molar-refractivity contribution in [1.82, 2.24) is 9.97 Å². The maximum absolute atomic E-state index is 9.78. The Balaban J connectivity index is 1.82. The van der Waals surface area contributed by atoms with E-state index in [9.17, 15) is 5.11 Å². The Morgan fingerprint density at radius 3 is 2.21 bits per heavy atom. The molecular formula is C20H19N3O. The predicted molar refractivity (Wildman–Crippen MR) is 95.7 cm³/mol. The molecule has 1 aliphatic heterocycles. The second-order valence-corrected chi connectivity index (χ2v) is 6.05. The van der Waals surface area contributed by atoms with Gasteiger partial charge < -0.3 is 10.0 Å². The van der Waals surface area contributed by atoms with E-state index in [0.29, 0.717) is 12.5 Å². The molecule has 0 bridgehead atoms. The molecule has 2 aromatic carbocycles. The highest BCUT2D eigenvalue weighted by Crippen LogP contribution is 2.31. The van der Waals surface area contributed by atoms with Gasteiger partial charge in [-0.3, -0.25) is 0 Å². The fourth-order valence-electron chi connectivity index (χ4n) is 3.09. The van der Waals surface area contributed by atoms with Gasteiger partial charge in [-0.05, 0) is 12.0 Å². The van der Waals surface area contributed by atoms with Gasteiger partial charge in [-0.2, -0.15) is 0 Å². The van der Waals surface area contributed by atoms with Crippen LogP contribution < -0.4 is 4.90 Å². The van der Waals surface area contributed by atoms with E-state index >= 15 is 0 Å². The van der Waals surface area contributed by atoms with Crippen LogP contribution in [0.15, 0.2) is 66.9 Å². The Bertz CT molecular complexity index is 821. The van der Waals surface area contributed by atoms with E-state index in [1.807, 2.05) is 47.5 Å². The molecule has 0 radical (unpaired) electrons. The number of β-amino-alcohol motifs (C(OH)–C–C–N with tert-alkyl or cyclic N) is 1. The maximum Gasteiger partial charge on any atom is 0.225 e. The molecule has 4 heteroatoms. The van der Waals surface area contributed by atoms with Crippen LogP contribution in [0.4, 0.5) is 5.95 Å². The van der Waals surface area contributed by atoms with Crippen molar-refractivity contribution in [3.63, 3.8) is 0 Å². The summed E-state index contributed by atoms with van der Waals surface area (Å²) in [5.74, 6) is 0.685. The molecule has 1 unspecified atom stereocenters. The van der Waals surface area contributed by atoms with Crippen molar-refractivity contribution in [3.8, 4) is 22.4 Å². The Morgan fingerprint density at radius 2 is 1.58 bits per heavy atom.